The number of hydrogen-bond donors (Lipinski definition) is 0. The fourth-order valence-corrected chi connectivity index (χ4v) is 3.00. The first-order chi connectivity index (χ1) is 5.86. The maximum Gasteiger partial charge on any atom is -0.00389 e. The Morgan fingerprint density at radius 3 is 2.75 bits per heavy atom. The third kappa shape index (κ3) is 0.734. The Hall–Kier alpha value is -0.520. The van der Waals surface area contributed by atoms with Gasteiger partial charge >= 0.3 is 0 Å². The summed E-state index contributed by atoms with van der Waals surface area (Å²) < 4.78 is 0. The molecule has 0 nitrogen and oxygen atoms in total. The molecule has 0 aromatic carbocycles. The molecule has 0 radical (unpaired) electrons. The van der Waals surface area contributed by atoms with E-state index in [4.69, 9.17) is 0 Å². The van der Waals surface area contributed by atoms with Gasteiger partial charge < -0.3 is 0 Å². The minimum atomic E-state index is 0.829. The van der Waals surface area contributed by atoms with Gasteiger partial charge in [0.25, 0.3) is 0 Å². The summed E-state index contributed by atoms with van der Waals surface area (Å²) in [4.78, 5) is 0. The van der Waals surface area contributed by atoms with Gasteiger partial charge in [-0.15, -0.1) is 0 Å². The fraction of sp³-hybridized carbons (Fsp3) is 0.667. The number of allylic oxidation sites excluding steroid dienone is 4. The maximum atomic E-state index is 2.52. The highest BCUT2D eigenvalue weighted by Gasteiger charge is 2.42. The lowest BCUT2D eigenvalue weighted by Gasteiger charge is -2.43. The van der Waals surface area contributed by atoms with Crippen molar-refractivity contribution in [2.75, 3.05) is 0 Å². The molecule has 64 valence electrons. The molecule has 0 aliphatic heterocycles. The molecule has 3 unspecified atom stereocenters. The van der Waals surface area contributed by atoms with E-state index in [0.717, 1.165) is 23.7 Å². The first-order valence-electron chi connectivity index (χ1n) is 5.26. The van der Waals surface area contributed by atoms with Crippen LogP contribution in [0.25, 0.3) is 0 Å². The zero-order valence-corrected chi connectivity index (χ0v) is 7.66. The summed E-state index contributed by atoms with van der Waals surface area (Å²) in [5.41, 5.74) is 1.64. The van der Waals surface area contributed by atoms with Gasteiger partial charge in [-0.3, -0.25) is 0 Å². The van der Waals surface area contributed by atoms with Gasteiger partial charge in [0.15, 0.2) is 0 Å². The van der Waals surface area contributed by atoms with Gasteiger partial charge in [-0.05, 0) is 42.1 Å². The van der Waals surface area contributed by atoms with Crippen LogP contribution in [0.5, 0.6) is 0 Å². The van der Waals surface area contributed by atoms with Crippen LogP contribution in [0.15, 0.2) is 23.8 Å². The number of fused-ring (bicyclic) bond motifs is 1. The molecular weight excluding hydrogens is 144 g/mol. The molecule has 0 heteroatoms. The van der Waals surface area contributed by atoms with Crippen LogP contribution >= 0.6 is 0 Å². The van der Waals surface area contributed by atoms with Crippen molar-refractivity contribution in [1.29, 1.82) is 0 Å². The minimum absolute atomic E-state index is 0.829. The summed E-state index contributed by atoms with van der Waals surface area (Å²) in [6.07, 6.45) is 11.7. The van der Waals surface area contributed by atoms with Gasteiger partial charge in [-0.25, -0.2) is 0 Å². The quantitative estimate of drug-likeness (QED) is 0.552. The third-order valence-corrected chi connectivity index (χ3v) is 4.04. The molecule has 0 bridgehead atoms. The molecule has 3 aliphatic rings. The zero-order valence-electron chi connectivity index (χ0n) is 7.66. The van der Waals surface area contributed by atoms with Crippen LogP contribution in [0.4, 0.5) is 0 Å². The van der Waals surface area contributed by atoms with E-state index in [0.29, 0.717) is 0 Å². The van der Waals surface area contributed by atoms with Crippen LogP contribution in [0.2, 0.25) is 0 Å². The lowest BCUT2D eigenvalue weighted by Crippen LogP contribution is -2.35. The topological polar surface area (TPSA) is 0 Å². The Kier molecular flexibility index (Phi) is 1.30. The van der Waals surface area contributed by atoms with Crippen LogP contribution in [0.1, 0.15) is 26.2 Å². The van der Waals surface area contributed by atoms with E-state index in [-0.39, 0.29) is 0 Å². The monoisotopic (exact) mass is 160 g/mol. The summed E-state index contributed by atoms with van der Waals surface area (Å²) in [6.45, 7) is 2.37. The Morgan fingerprint density at radius 1 is 1.33 bits per heavy atom. The second-order valence-corrected chi connectivity index (χ2v) is 4.68. The molecule has 3 atom stereocenters. The Balaban J connectivity index is 1.78. The van der Waals surface area contributed by atoms with E-state index >= 15 is 0 Å². The molecule has 12 heavy (non-hydrogen) atoms. The Bertz CT molecular complexity index is 255. The van der Waals surface area contributed by atoms with Crippen molar-refractivity contribution in [3.05, 3.63) is 23.8 Å². The zero-order chi connectivity index (χ0) is 8.13. The van der Waals surface area contributed by atoms with Crippen molar-refractivity contribution in [2.24, 2.45) is 23.7 Å². The van der Waals surface area contributed by atoms with Crippen LogP contribution in [-0.2, 0) is 0 Å². The van der Waals surface area contributed by atoms with E-state index in [2.05, 4.69) is 25.2 Å². The summed E-state index contributed by atoms with van der Waals surface area (Å²) in [6, 6.07) is 0. The summed E-state index contributed by atoms with van der Waals surface area (Å²) in [5, 5.41) is 0. The van der Waals surface area contributed by atoms with Crippen LogP contribution in [0, 0.1) is 23.7 Å². The molecular formula is C12H16. The van der Waals surface area contributed by atoms with Gasteiger partial charge in [-0.2, -0.15) is 0 Å². The summed E-state index contributed by atoms with van der Waals surface area (Å²) >= 11 is 0. The molecule has 0 N–H and O–H groups in total. The van der Waals surface area contributed by atoms with Crippen molar-refractivity contribution < 1.29 is 0 Å². The predicted octanol–water partition coefficient (Wildman–Crippen LogP) is 3.16. The van der Waals surface area contributed by atoms with E-state index in [1.54, 1.807) is 5.57 Å². The summed E-state index contributed by atoms with van der Waals surface area (Å²) in [5.74, 6) is 3.77. The average Bonchev–Trinajstić information content (AvgIpc) is 2.15. The molecule has 0 spiro atoms. The smallest absolute Gasteiger partial charge is 0.00389 e. The van der Waals surface area contributed by atoms with E-state index in [1.807, 2.05) is 0 Å². The largest absolute Gasteiger partial charge is 0.0808 e. The molecule has 0 aromatic heterocycles. The number of rotatable bonds is 1. The highest BCUT2D eigenvalue weighted by Crippen LogP contribution is 2.52. The SMILES string of the molecule is CC1C=CC2=CC(C3CCC3)C21. The molecule has 1 saturated carbocycles. The highest BCUT2D eigenvalue weighted by atomic mass is 14.5. The fourth-order valence-electron chi connectivity index (χ4n) is 3.00. The van der Waals surface area contributed by atoms with Crippen molar-refractivity contribution >= 4 is 0 Å². The first kappa shape index (κ1) is 6.94. The van der Waals surface area contributed by atoms with Gasteiger partial charge in [0, 0.05) is 0 Å². The van der Waals surface area contributed by atoms with E-state index in [9.17, 15) is 0 Å². The van der Waals surface area contributed by atoms with Crippen molar-refractivity contribution in [2.45, 2.75) is 26.2 Å². The summed E-state index contributed by atoms with van der Waals surface area (Å²) in [7, 11) is 0. The molecule has 0 amide bonds. The molecule has 0 saturated heterocycles. The average molecular weight is 160 g/mol. The van der Waals surface area contributed by atoms with Crippen LogP contribution < -0.4 is 0 Å². The van der Waals surface area contributed by atoms with Gasteiger partial charge in [0.2, 0.25) is 0 Å². The van der Waals surface area contributed by atoms with Crippen molar-refractivity contribution in [3.8, 4) is 0 Å². The lowest BCUT2D eigenvalue weighted by molar-refractivity contribution is 0.163. The van der Waals surface area contributed by atoms with Gasteiger partial charge in [-0.1, -0.05) is 31.6 Å². The van der Waals surface area contributed by atoms with Gasteiger partial charge in [0.05, 0.1) is 0 Å². The third-order valence-electron chi connectivity index (χ3n) is 4.04. The van der Waals surface area contributed by atoms with Gasteiger partial charge in [0.1, 0.15) is 0 Å². The van der Waals surface area contributed by atoms with E-state index in [1.165, 1.54) is 19.3 Å². The maximum absolute atomic E-state index is 2.52. The van der Waals surface area contributed by atoms with Crippen molar-refractivity contribution in [3.63, 3.8) is 0 Å². The second kappa shape index (κ2) is 2.25. The standard InChI is InChI=1S/C12H16/c1-8-5-6-10-7-11(12(8)10)9-3-2-4-9/h5-9,11-12H,2-4H2,1H3. The lowest BCUT2D eigenvalue weighted by atomic mass is 9.61. The Morgan fingerprint density at radius 2 is 2.17 bits per heavy atom. The first-order valence-corrected chi connectivity index (χ1v) is 5.26. The minimum Gasteiger partial charge on any atom is -0.0808 e. The van der Waals surface area contributed by atoms with Crippen LogP contribution in [-0.4, -0.2) is 0 Å². The molecule has 3 aliphatic carbocycles. The highest BCUT2D eigenvalue weighted by molar-refractivity contribution is 5.40. The van der Waals surface area contributed by atoms with Crippen molar-refractivity contribution in [1.82, 2.24) is 0 Å². The van der Waals surface area contributed by atoms with E-state index < -0.39 is 0 Å². The normalized spacial score (nSPS) is 44.8. The molecule has 1 fully saturated rings. The number of hydrogen-bond acceptors (Lipinski definition) is 0. The molecule has 0 aromatic rings. The molecule has 0 heterocycles. The molecule has 3 rings (SSSR count). The van der Waals surface area contributed by atoms with Crippen LogP contribution in [0.3, 0.4) is 0 Å². The second-order valence-electron chi connectivity index (χ2n) is 4.68. The Labute approximate surface area is 74.4 Å². The predicted molar refractivity (Wildman–Crippen MR) is 50.7 cm³/mol.